The van der Waals surface area contributed by atoms with Crippen LogP contribution in [0, 0.1) is 5.92 Å². The molecule has 0 aromatic heterocycles. The molecule has 3 amide bonds. The summed E-state index contributed by atoms with van der Waals surface area (Å²) in [5.74, 6) is -4.65. The molecule has 7 N–H and O–H groups in total. The number of rotatable bonds is 12. The average Bonchev–Trinajstić information content (AvgIpc) is 3.28. The van der Waals surface area contributed by atoms with Crippen LogP contribution >= 0.6 is 0 Å². The molecule has 1 heterocycles. The van der Waals surface area contributed by atoms with Gasteiger partial charge in [0.15, 0.2) is 0 Å². The van der Waals surface area contributed by atoms with Crippen LogP contribution in [0.5, 0.6) is 5.75 Å². The average molecular weight is 507 g/mol. The molecule has 12 heteroatoms. The number of hydrogen-bond donors (Lipinski definition) is 6. The van der Waals surface area contributed by atoms with Crippen molar-refractivity contribution in [1.29, 1.82) is 0 Å². The van der Waals surface area contributed by atoms with Crippen molar-refractivity contribution < 1.29 is 39.3 Å². The molecule has 36 heavy (non-hydrogen) atoms. The fraction of sp³-hybridized carbons (Fsp3) is 0.542. The highest BCUT2D eigenvalue weighted by Gasteiger charge is 2.38. The van der Waals surface area contributed by atoms with Crippen molar-refractivity contribution in [3.05, 3.63) is 29.8 Å². The smallest absolute Gasteiger partial charge is 0.326 e. The summed E-state index contributed by atoms with van der Waals surface area (Å²) in [5, 5.41) is 32.8. The van der Waals surface area contributed by atoms with Gasteiger partial charge in [0.2, 0.25) is 17.7 Å². The number of nitrogens with two attached hydrogens (primary N) is 1. The topological polar surface area (TPSA) is 199 Å². The van der Waals surface area contributed by atoms with Gasteiger partial charge in [0.25, 0.3) is 0 Å². The van der Waals surface area contributed by atoms with Crippen LogP contribution in [0.15, 0.2) is 24.3 Å². The second kappa shape index (κ2) is 12.9. The summed E-state index contributed by atoms with van der Waals surface area (Å²) in [6.07, 6.45) is 0.392. The highest BCUT2D eigenvalue weighted by atomic mass is 16.4. The summed E-state index contributed by atoms with van der Waals surface area (Å²) in [4.78, 5) is 63.0. The first kappa shape index (κ1) is 28.6. The van der Waals surface area contributed by atoms with Gasteiger partial charge >= 0.3 is 11.9 Å². The third-order valence-electron chi connectivity index (χ3n) is 5.88. The molecule has 0 bridgehead atoms. The second-order valence-electron chi connectivity index (χ2n) is 9.35. The molecule has 4 atom stereocenters. The van der Waals surface area contributed by atoms with Crippen LogP contribution in [0.3, 0.4) is 0 Å². The van der Waals surface area contributed by atoms with Crippen LogP contribution in [0.25, 0.3) is 0 Å². The van der Waals surface area contributed by atoms with E-state index in [9.17, 15) is 39.3 Å². The minimum absolute atomic E-state index is 0.0107. The molecule has 0 spiro atoms. The molecule has 0 saturated carbocycles. The van der Waals surface area contributed by atoms with E-state index in [2.05, 4.69) is 10.6 Å². The van der Waals surface area contributed by atoms with Crippen molar-refractivity contribution in [2.24, 2.45) is 11.7 Å². The molecule has 198 valence electrons. The highest BCUT2D eigenvalue weighted by Crippen LogP contribution is 2.20. The lowest BCUT2D eigenvalue weighted by Crippen LogP contribution is -2.57. The summed E-state index contributed by atoms with van der Waals surface area (Å²) in [6.45, 7) is 4.15. The van der Waals surface area contributed by atoms with Gasteiger partial charge in [-0.15, -0.1) is 0 Å². The number of carboxylic acid groups (broad SMARTS) is 2. The Kier molecular flexibility index (Phi) is 10.2. The Hall–Kier alpha value is -3.67. The molecule has 0 radical (unpaired) electrons. The zero-order valence-electron chi connectivity index (χ0n) is 20.3. The van der Waals surface area contributed by atoms with E-state index in [-0.39, 0.29) is 24.0 Å². The third-order valence-corrected chi connectivity index (χ3v) is 5.88. The Morgan fingerprint density at radius 3 is 2.25 bits per heavy atom. The SMILES string of the molecule is CC(C)CC(N)C(=O)N1CCCC1C(=O)NC(CC(=O)O)C(=O)NC(Cc1ccc(O)cc1)C(=O)O. The van der Waals surface area contributed by atoms with E-state index in [1.165, 1.54) is 29.2 Å². The highest BCUT2D eigenvalue weighted by molar-refractivity contribution is 5.95. The Labute approximate surface area is 208 Å². The number of aliphatic carboxylic acids is 2. The molecule has 2 rings (SSSR count). The summed E-state index contributed by atoms with van der Waals surface area (Å²) in [6, 6.07) is 1.05. The van der Waals surface area contributed by atoms with E-state index in [0.717, 1.165) is 0 Å². The lowest BCUT2D eigenvalue weighted by molar-refractivity contribution is -0.144. The zero-order valence-corrected chi connectivity index (χ0v) is 20.3. The number of likely N-dealkylation sites (tertiary alicyclic amines) is 1. The lowest BCUT2D eigenvalue weighted by Gasteiger charge is -2.28. The zero-order chi connectivity index (χ0) is 27.0. The number of carboxylic acids is 2. The van der Waals surface area contributed by atoms with Crippen molar-refractivity contribution >= 4 is 29.7 Å². The van der Waals surface area contributed by atoms with Crippen LogP contribution in [0.1, 0.15) is 45.1 Å². The van der Waals surface area contributed by atoms with E-state index < -0.39 is 54.3 Å². The van der Waals surface area contributed by atoms with Crippen LogP contribution in [-0.4, -0.2) is 80.6 Å². The Morgan fingerprint density at radius 1 is 1.06 bits per heavy atom. The number of carbonyl (C=O) groups excluding carboxylic acids is 3. The number of phenolic OH excluding ortho intramolecular Hbond substituents is 1. The van der Waals surface area contributed by atoms with Crippen molar-refractivity contribution in [3.63, 3.8) is 0 Å². The van der Waals surface area contributed by atoms with E-state index in [1.807, 2.05) is 13.8 Å². The second-order valence-corrected chi connectivity index (χ2v) is 9.35. The minimum Gasteiger partial charge on any atom is -0.508 e. The number of amides is 3. The van der Waals surface area contributed by atoms with E-state index in [1.54, 1.807) is 0 Å². The summed E-state index contributed by atoms with van der Waals surface area (Å²) >= 11 is 0. The number of nitrogens with zero attached hydrogens (tertiary/aromatic N) is 1. The third kappa shape index (κ3) is 8.22. The number of nitrogens with one attached hydrogen (secondary N) is 2. The maximum atomic E-state index is 13.0. The first-order valence-corrected chi connectivity index (χ1v) is 11.8. The quantitative estimate of drug-likeness (QED) is 0.223. The molecule has 1 aromatic carbocycles. The fourth-order valence-corrected chi connectivity index (χ4v) is 4.12. The lowest BCUT2D eigenvalue weighted by atomic mass is 10.0. The van der Waals surface area contributed by atoms with Crippen LogP contribution in [-0.2, 0) is 30.4 Å². The number of benzene rings is 1. The number of phenols is 1. The number of hydrogen-bond acceptors (Lipinski definition) is 7. The predicted molar refractivity (Wildman–Crippen MR) is 128 cm³/mol. The van der Waals surface area contributed by atoms with Gasteiger partial charge in [-0.05, 0) is 42.9 Å². The molecular formula is C24H34N4O8. The van der Waals surface area contributed by atoms with Gasteiger partial charge in [-0.25, -0.2) is 4.79 Å². The maximum Gasteiger partial charge on any atom is 0.326 e. The Morgan fingerprint density at radius 2 is 1.69 bits per heavy atom. The van der Waals surface area contributed by atoms with Crippen LogP contribution in [0.4, 0.5) is 0 Å². The van der Waals surface area contributed by atoms with E-state index in [0.29, 0.717) is 31.4 Å². The molecule has 4 unspecified atom stereocenters. The van der Waals surface area contributed by atoms with E-state index in [4.69, 9.17) is 5.73 Å². The minimum atomic E-state index is -1.56. The summed E-state index contributed by atoms with van der Waals surface area (Å²) in [5.41, 5.74) is 6.51. The molecule has 1 aliphatic heterocycles. The van der Waals surface area contributed by atoms with Gasteiger partial charge < -0.3 is 36.6 Å². The molecular weight excluding hydrogens is 472 g/mol. The maximum absolute atomic E-state index is 13.0. The van der Waals surface area contributed by atoms with Crippen LogP contribution < -0.4 is 16.4 Å². The summed E-state index contributed by atoms with van der Waals surface area (Å²) in [7, 11) is 0. The van der Waals surface area contributed by atoms with Gasteiger partial charge in [-0.1, -0.05) is 26.0 Å². The first-order valence-electron chi connectivity index (χ1n) is 11.8. The Bertz CT molecular complexity index is 965. The Balaban J connectivity index is 2.11. The predicted octanol–water partition coefficient (Wildman–Crippen LogP) is -0.172. The molecule has 1 fully saturated rings. The van der Waals surface area contributed by atoms with Crippen molar-refractivity contribution in [2.75, 3.05) is 6.54 Å². The van der Waals surface area contributed by atoms with Gasteiger partial charge in [0, 0.05) is 13.0 Å². The fourth-order valence-electron chi connectivity index (χ4n) is 4.12. The van der Waals surface area contributed by atoms with E-state index >= 15 is 0 Å². The molecule has 12 nitrogen and oxygen atoms in total. The largest absolute Gasteiger partial charge is 0.508 e. The van der Waals surface area contributed by atoms with Gasteiger partial charge in [0.1, 0.15) is 23.9 Å². The monoisotopic (exact) mass is 506 g/mol. The number of carbonyl (C=O) groups is 5. The normalized spacial score (nSPS) is 17.8. The molecule has 0 aliphatic carbocycles. The molecule has 1 aliphatic rings. The van der Waals surface area contributed by atoms with Crippen molar-refractivity contribution in [1.82, 2.24) is 15.5 Å². The number of aromatic hydroxyl groups is 1. The summed E-state index contributed by atoms with van der Waals surface area (Å²) < 4.78 is 0. The van der Waals surface area contributed by atoms with Gasteiger partial charge in [-0.2, -0.15) is 0 Å². The van der Waals surface area contributed by atoms with Gasteiger partial charge in [0.05, 0.1) is 12.5 Å². The van der Waals surface area contributed by atoms with Crippen LogP contribution in [0.2, 0.25) is 0 Å². The standard InChI is InChI=1S/C24H34N4O8/c1-13(2)10-16(25)23(34)28-9-3-4-19(28)22(33)26-17(12-20(30)31)21(32)27-18(24(35)36)11-14-5-7-15(29)8-6-14/h5-8,13,16-19,29H,3-4,9-12,25H2,1-2H3,(H,26,33)(H,27,32)(H,30,31)(H,35,36). The molecule has 1 aromatic rings. The van der Waals surface area contributed by atoms with Gasteiger partial charge in [-0.3, -0.25) is 19.2 Å². The molecule has 1 saturated heterocycles. The van der Waals surface area contributed by atoms with Crippen molar-refractivity contribution in [2.45, 2.75) is 70.1 Å². The van der Waals surface area contributed by atoms with Crippen molar-refractivity contribution in [3.8, 4) is 5.75 Å². The first-order chi connectivity index (χ1) is 16.9.